The molecule has 0 radical (unpaired) electrons. The minimum atomic E-state index is -0.279. The molecule has 5 nitrogen and oxygen atoms in total. The average Bonchev–Trinajstić information content (AvgIpc) is 2.19. The lowest BCUT2D eigenvalue weighted by Gasteiger charge is -2.20. The summed E-state index contributed by atoms with van der Waals surface area (Å²) in [7, 11) is 3.82. The van der Waals surface area contributed by atoms with Crippen LogP contribution in [0.4, 0.5) is 0 Å². The zero-order valence-electron chi connectivity index (χ0n) is 10.5. The highest BCUT2D eigenvalue weighted by Gasteiger charge is 2.21. The lowest BCUT2D eigenvalue weighted by atomic mass is 10.1. The summed E-state index contributed by atoms with van der Waals surface area (Å²) < 4.78 is 10.0. The van der Waals surface area contributed by atoms with Crippen molar-refractivity contribution in [2.45, 2.75) is 26.3 Å². The third-order valence-electron chi connectivity index (χ3n) is 1.73. The number of carbonyl (C=O) groups is 1. The van der Waals surface area contributed by atoms with Gasteiger partial charge >= 0.3 is 5.97 Å². The Morgan fingerprint density at radius 1 is 1.50 bits per heavy atom. The molecular weight excluding hydrogens is 226 g/mol. The molecule has 0 heterocycles. The molecule has 96 valence electrons. The van der Waals surface area contributed by atoms with Gasteiger partial charge in [-0.1, -0.05) is 13.8 Å². The first-order valence-electron chi connectivity index (χ1n) is 5.43. The Labute approximate surface area is 102 Å². The smallest absolute Gasteiger partial charge is 0.324 e. The van der Waals surface area contributed by atoms with Crippen molar-refractivity contribution in [3.05, 3.63) is 0 Å². The van der Waals surface area contributed by atoms with Gasteiger partial charge in [-0.05, 0) is 26.4 Å². The monoisotopic (exact) mass is 249 g/mol. The highest BCUT2D eigenvalue weighted by molar-refractivity contribution is 7.95. The first-order chi connectivity index (χ1) is 7.47. The Morgan fingerprint density at radius 3 is 2.56 bits per heavy atom. The van der Waals surface area contributed by atoms with Crippen LogP contribution in [-0.2, 0) is 9.53 Å². The van der Waals surface area contributed by atoms with Crippen molar-refractivity contribution >= 4 is 18.1 Å². The van der Waals surface area contributed by atoms with Crippen molar-refractivity contribution in [1.82, 2.24) is 9.03 Å². The van der Waals surface area contributed by atoms with Crippen LogP contribution in [0, 0.1) is 5.92 Å². The Morgan fingerprint density at radius 2 is 2.12 bits per heavy atom. The molecule has 0 rings (SSSR count). The van der Waals surface area contributed by atoms with Crippen molar-refractivity contribution < 1.29 is 9.53 Å². The molecule has 0 spiro atoms. The van der Waals surface area contributed by atoms with Gasteiger partial charge in [0.25, 0.3) is 0 Å². The van der Waals surface area contributed by atoms with E-state index in [-0.39, 0.29) is 18.6 Å². The lowest BCUT2D eigenvalue weighted by molar-refractivity contribution is -0.145. The second-order valence-corrected chi connectivity index (χ2v) is 5.31. The maximum Gasteiger partial charge on any atom is 0.324 e. The van der Waals surface area contributed by atoms with E-state index in [0.29, 0.717) is 12.5 Å². The Kier molecular flexibility index (Phi) is 8.64. The summed E-state index contributed by atoms with van der Waals surface area (Å²) >= 11 is 1.39. The fourth-order valence-electron chi connectivity index (χ4n) is 1.09. The van der Waals surface area contributed by atoms with Crippen LogP contribution in [-0.4, -0.2) is 43.6 Å². The van der Waals surface area contributed by atoms with Gasteiger partial charge in [-0.2, -0.15) is 0 Å². The van der Waals surface area contributed by atoms with Crippen LogP contribution in [0.1, 0.15) is 20.3 Å². The van der Waals surface area contributed by atoms with Gasteiger partial charge in [0.15, 0.2) is 0 Å². The van der Waals surface area contributed by atoms with E-state index in [4.69, 9.17) is 10.5 Å². The van der Waals surface area contributed by atoms with Crippen molar-refractivity contribution in [3.8, 4) is 0 Å². The third kappa shape index (κ3) is 7.92. The number of carbonyl (C=O) groups excluding carboxylic acids is 1. The molecule has 0 bridgehead atoms. The van der Waals surface area contributed by atoms with Crippen LogP contribution in [0.25, 0.3) is 0 Å². The second kappa shape index (κ2) is 8.81. The number of hydrogen-bond donors (Lipinski definition) is 2. The second-order valence-electron chi connectivity index (χ2n) is 4.16. The van der Waals surface area contributed by atoms with Crippen LogP contribution >= 0.6 is 12.1 Å². The number of hydrogen-bond acceptors (Lipinski definition) is 6. The average molecular weight is 249 g/mol. The molecule has 16 heavy (non-hydrogen) atoms. The third-order valence-corrected chi connectivity index (χ3v) is 2.49. The Bertz CT molecular complexity index is 201. The fraction of sp³-hybridized carbons (Fsp3) is 0.900. The van der Waals surface area contributed by atoms with E-state index < -0.39 is 0 Å². The molecule has 1 atom stereocenters. The van der Waals surface area contributed by atoms with E-state index in [9.17, 15) is 4.79 Å². The van der Waals surface area contributed by atoms with Crippen LogP contribution in [0.15, 0.2) is 0 Å². The van der Waals surface area contributed by atoms with Crippen molar-refractivity contribution in [2.75, 3.05) is 27.2 Å². The summed E-state index contributed by atoms with van der Waals surface area (Å²) in [6, 6.07) is -0.279. The van der Waals surface area contributed by atoms with Gasteiger partial charge in [0, 0.05) is 18.7 Å². The number of nitrogens with zero attached hydrogens (tertiary/aromatic N) is 1. The molecular formula is C10H23N3O2S. The molecule has 0 aliphatic heterocycles. The van der Waals surface area contributed by atoms with E-state index in [1.807, 2.05) is 18.4 Å². The highest BCUT2D eigenvalue weighted by Crippen LogP contribution is 2.10. The number of ether oxygens (including phenoxy) is 1. The first kappa shape index (κ1) is 15.7. The van der Waals surface area contributed by atoms with Gasteiger partial charge in [0.2, 0.25) is 0 Å². The zero-order chi connectivity index (χ0) is 12.6. The Balaban J connectivity index is 4.12. The molecule has 0 aromatic rings. The first-order valence-corrected chi connectivity index (χ1v) is 6.21. The molecule has 0 aliphatic carbocycles. The normalized spacial score (nSPS) is 13.2. The van der Waals surface area contributed by atoms with Crippen LogP contribution in [0.3, 0.4) is 0 Å². The number of nitrogens with two attached hydrogens (primary N) is 1. The Hall–Kier alpha value is -0.300. The predicted molar refractivity (Wildman–Crippen MR) is 67.7 cm³/mol. The van der Waals surface area contributed by atoms with E-state index >= 15 is 0 Å². The number of nitrogens with one attached hydrogen (secondary N) is 1. The maximum absolute atomic E-state index is 11.7. The molecule has 6 heteroatoms. The van der Waals surface area contributed by atoms with Gasteiger partial charge in [-0.3, -0.25) is 4.79 Å². The van der Waals surface area contributed by atoms with Crippen molar-refractivity contribution in [2.24, 2.45) is 11.7 Å². The molecule has 0 amide bonds. The highest BCUT2D eigenvalue weighted by atomic mass is 32.2. The summed E-state index contributed by atoms with van der Waals surface area (Å²) in [5.41, 5.74) is 5.29. The molecule has 3 N–H and O–H groups in total. The van der Waals surface area contributed by atoms with Gasteiger partial charge in [-0.25, -0.2) is 9.03 Å². The quantitative estimate of drug-likeness (QED) is 0.485. The molecule has 0 saturated carbocycles. The topological polar surface area (TPSA) is 67.6 Å². The van der Waals surface area contributed by atoms with Crippen molar-refractivity contribution in [1.29, 1.82) is 0 Å². The minimum Gasteiger partial charge on any atom is -0.463 e. The van der Waals surface area contributed by atoms with E-state index in [0.717, 1.165) is 6.42 Å². The summed E-state index contributed by atoms with van der Waals surface area (Å²) in [6.07, 6.45) is 0.754. The summed E-state index contributed by atoms with van der Waals surface area (Å²) in [6.45, 7) is 4.79. The zero-order valence-corrected chi connectivity index (χ0v) is 11.3. The fourth-order valence-corrected chi connectivity index (χ4v) is 1.62. The van der Waals surface area contributed by atoms with E-state index in [1.54, 1.807) is 0 Å². The molecule has 0 fully saturated rings. The van der Waals surface area contributed by atoms with Gasteiger partial charge in [-0.15, -0.1) is 0 Å². The van der Waals surface area contributed by atoms with Crippen LogP contribution < -0.4 is 10.5 Å². The van der Waals surface area contributed by atoms with Gasteiger partial charge in [0.1, 0.15) is 12.6 Å². The lowest BCUT2D eigenvalue weighted by Crippen LogP contribution is -2.37. The molecule has 0 saturated heterocycles. The molecule has 0 aliphatic rings. The largest absolute Gasteiger partial charge is 0.463 e. The van der Waals surface area contributed by atoms with E-state index in [1.165, 1.54) is 12.1 Å². The molecule has 0 aromatic carbocycles. The summed E-state index contributed by atoms with van der Waals surface area (Å²) in [5.74, 6) is 0.208. The van der Waals surface area contributed by atoms with Gasteiger partial charge in [0.05, 0.1) is 0 Å². The SMILES string of the molecule is CC(C)C[C@H](NSN(C)C)C(=O)OCCN. The molecule has 0 aromatic heterocycles. The number of esters is 1. The summed E-state index contributed by atoms with van der Waals surface area (Å²) in [5, 5.41) is 0. The standard InChI is InChI=1S/C10H23N3O2S/c1-8(2)7-9(12-16-13(3)4)10(14)15-6-5-11/h8-9,12H,5-7,11H2,1-4H3/t9-/m0/s1. The van der Waals surface area contributed by atoms with E-state index in [2.05, 4.69) is 18.6 Å². The van der Waals surface area contributed by atoms with Crippen molar-refractivity contribution in [3.63, 3.8) is 0 Å². The molecule has 0 unspecified atom stereocenters. The van der Waals surface area contributed by atoms with Crippen LogP contribution in [0.5, 0.6) is 0 Å². The van der Waals surface area contributed by atoms with Gasteiger partial charge < -0.3 is 10.5 Å². The summed E-state index contributed by atoms with van der Waals surface area (Å²) in [4.78, 5) is 11.7. The predicted octanol–water partition coefficient (Wildman–Crippen LogP) is 0.617. The number of rotatable bonds is 8. The minimum absolute atomic E-state index is 0.228. The van der Waals surface area contributed by atoms with Crippen LogP contribution in [0.2, 0.25) is 0 Å². The maximum atomic E-state index is 11.7.